The van der Waals surface area contributed by atoms with E-state index in [4.69, 9.17) is 0 Å². The number of aromatic nitrogens is 3. The van der Waals surface area contributed by atoms with Crippen molar-refractivity contribution in [1.29, 1.82) is 0 Å². The van der Waals surface area contributed by atoms with Gasteiger partial charge >= 0.3 is 0 Å². The van der Waals surface area contributed by atoms with Crippen molar-refractivity contribution in [3.05, 3.63) is 36.3 Å². The third-order valence-corrected chi connectivity index (χ3v) is 3.92. The van der Waals surface area contributed by atoms with Gasteiger partial charge in [0, 0.05) is 25.7 Å². The van der Waals surface area contributed by atoms with E-state index in [0.29, 0.717) is 36.2 Å². The van der Waals surface area contributed by atoms with Crippen LogP contribution >= 0.6 is 0 Å². The smallest absolute Gasteiger partial charge is 0.269 e. The number of nitrogens with zero attached hydrogens (tertiary/aromatic N) is 3. The normalized spacial score (nSPS) is 16.6. The molecule has 3 heterocycles. The first-order valence-electron chi connectivity index (χ1n) is 8.09. The van der Waals surface area contributed by atoms with E-state index in [2.05, 4.69) is 20.6 Å². The molecule has 2 aromatic heterocycles. The summed E-state index contributed by atoms with van der Waals surface area (Å²) in [5.74, 6) is 0.801. The molecule has 3 rings (SSSR count). The molecule has 0 spiro atoms. The van der Waals surface area contributed by atoms with Crippen LogP contribution < -0.4 is 10.6 Å². The number of nitrogens with one attached hydrogen (secondary N) is 2. The van der Waals surface area contributed by atoms with Crippen LogP contribution in [-0.2, 0) is 4.79 Å². The molecule has 126 valence electrons. The molecule has 0 bridgehead atoms. The third kappa shape index (κ3) is 3.29. The van der Waals surface area contributed by atoms with E-state index in [-0.39, 0.29) is 24.3 Å². The molecule has 1 aliphatic heterocycles. The topological polar surface area (TPSA) is 88.9 Å². The molecular weight excluding hydrogens is 306 g/mol. The molecule has 0 fully saturated rings. The van der Waals surface area contributed by atoms with Gasteiger partial charge in [-0.05, 0) is 18.1 Å². The van der Waals surface area contributed by atoms with Crippen molar-refractivity contribution >= 4 is 11.8 Å². The number of pyridine rings is 1. The summed E-state index contributed by atoms with van der Waals surface area (Å²) in [4.78, 5) is 33.0. The first kappa shape index (κ1) is 16.2. The van der Waals surface area contributed by atoms with Crippen molar-refractivity contribution < 1.29 is 9.59 Å². The minimum atomic E-state index is -0.177. The Balaban J connectivity index is 1.87. The molecule has 1 atom stereocenters. The maximum atomic E-state index is 12.2. The molecule has 1 unspecified atom stereocenters. The second-order valence-corrected chi connectivity index (χ2v) is 6.32. The van der Waals surface area contributed by atoms with E-state index >= 15 is 0 Å². The molecule has 2 N–H and O–H groups in total. The van der Waals surface area contributed by atoms with Crippen LogP contribution in [0.3, 0.4) is 0 Å². The summed E-state index contributed by atoms with van der Waals surface area (Å²) in [6.45, 7) is 5.14. The number of rotatable bonds is 5. The molecule has 0 aromatic carbocycles. The van der Waals surface area contributed by atoms with Gasteiger partial charge in [0.1, 0.15) is 11.4 Å². The number of carbonyl (C=O) groups is 2. The van der Waals surface area contributed by atoms with Crippen molar-refractivity contribution in [1.82, 2.24) is 25.2 Å². The first-order chi connectivity index (χ1) is 11.6. The molecule has 24 heavy (non-hydrogen) atoms. The Hall–Kier alpha value is -2.70. The summed E-state index contributed by atoms with van der Waals surface area (Å²) in [6.07, 6.45) is 3.51. The van der Waals surface area contributed by atoms with E-state index < -0.39 is 0 Å². The predicted molar refractivity (Wildman–Crippen MR) is 89.3 cm³/mol. The molecule has 0 saturated heterocycles. The highest BCUT2D eigenvalue weighted by Crippen LogP contribution is 2.26. The highest BCUT2D eigenvalue weighted by atomic mass is 16.2. The Kier molecular flexibility index (Phi) is 4.59. The van der Waals surface area contributed by atoms with Gasteiger partial charge in [-0.15, -0.1) is 0 Å². The molecule has 7 nitrogen and oxygen atoms in total. The second-order valence-electron chi connectivity index (χ2n) is 6.32. The van der Waals surface area contributed by atoms with Crippen LogP contribution in [0.25, 0.3) is 11.5 Å². The van der Waals surface area contributed by atoms with Gasteiger partial charge in [0.05, 0.1) is 12.2 Å². The van der Waals surface area contributed by atoms with Gasteiger partial charge in [0.15, 0.2) is 5.82 Å². The fourth-order valence-corrected chi connectivity index (χ4v) is 2.74. The Labute approximate surface area is 140 Å². The maximum Gasteiger partial charge on any atom is 0.269 e. The zero-order valence-electron chi connectivity index (χ0n) is 13.8. The van der Waals surface area contributed by atoms with Crippen LogP contribution in [-0.4, -0.2) is 39.4 Å². The molecular formula is C17H21N5O2. The summed E-state index contributed by atoms with van der Waals surface area (Å²) >= 11 is 0. The van der Waals surface area contributed by atoms with Crippen molar-refractivity contribution in [2.75, 3.05) is 13.1 Å². The summed E-state index contributed by atoms with van der Waals surface area (Å²) in [5.41, 5.74) is 1.15. The fourth-order valence-electron chi connectivity index (χ4n) is 2.74. The highest BCUT2D eigenvalue weighted by Gasteiger charge is 2.30. The lowest BCUT2D eigenvalue weighted by atomic mass is 10.1. The highest BCUT2D eigenvalue weighted by molar-refractivity contribution is 5.94. The Bertz CT molecular complexity index is 739. The van der Waals surface area contributed by atoms with Gasteiger partial charge < -0.3 is 15.2 Å². The lowest BCUT2D eigenvalue weighted by Crippen LogP contribution is -2.41. The quantitative estimate of drug-likeness (QED) is 0.868. The standard InChI is InChI=1S/C17H21N5O2/c1-11(2)8-19-15(23)7-12-9-21-17(24)14-10-20-16(22(12)14)13-5-3-4-6-18-13/h3-6,10-12H,7-9H2,1-2H3,(H,19,23)(H,21,24). The maximum absolute atomic E-state index is 12.2. The van der Waals surface area contributed by atoms with Crippen LogP contribution in [0.1, 0.15) is 36.8 Å². The lowest BCUT2D eigenvalue weighted by molar-refractivity contribution is -0.122. The van der Waals surface area contributed by atoms with Crippen molar-refractivity contribution in [3.8, 4) is 11.5 Å². The molecule has 1 aliphatic rings. The van der Waals surface area contributed by atoms with Crippen molar-refractivity contribution in [2.45, 2.75) is 26.3 Å². The summed E-state index contributed by atoms with van der Waals surface area (Å²) in [5, 5.41) is 5.74. The number of carbonyl (C=O) groups excluding carboxylic acids is 2. The second kappa shape index (κ2) is 6.82. The minimum Gasteiger partial charge on any atom is -0.356 e. The summed E-state index contributed by atoms with van der Waals surface area (Å²) < 4.78 is 1.83. The van der Waals surface area contributed by atoms with E-state index in [9.17, 15) is 9.59 Å². The van der Waals surface area contributed by atoms with Gasteiger partial charge in [-0.2, -0.15) is 0 Å². The van der Waals surface area contributed by atoms with Crippen LogP contribution in [0.2, 0.25) is 0 Å². The lowest BCUT2D eigenvalue weighted by Gasteiger charge is -2.27. The SMILES string of the molecule is CC(C)CNC(=O)CC1CNC(=O)c2cnc(-c3ccccn3)n21. The summed E-state index contributed by atoms with van der Waals surface area (Å²) in [6, 6.07) is 5.37. The molecule has 0 aliphatic carbocycles. The number of amides is 2. The predicted octanol–water partition coefficient (Wildman–Crippen LogP) is 1.39. The molecule has 7 heteroatoms. The van der Waals surface area contributed by atoms with Gasteiger partial charge in [-0.3, -0.25) is 14.6 Å². The first-order valence-corrected chi connectivity index (χ1v) is 8.09. The van der Waals surface area contributed by atoms with E-state index in [1.165, 1.54) is 6.20 Å². The van der Waals surface area contributed by atoms with Crippen molar-refractivity contribution in [3.63, 3.8) is 0 Å². The minimum absolute atomic E-state index is 0.0310. The van der Waals surface area contributed by atoms with Gasteiger partial charge in [-0.25, -0.2) is 4.98 Å². The number of imidazole rings is 1. The van der Waals surface area contributed by atoms with Gasteiger partial charge in [-0.1, -0.05) is 19.9 Å². The Morgan fingerprint density at radius 3 is 2.96 bits per heavy atom. The Morgan fingerprint density at radius 2 is 2.25 bits per heavy atom. The van der Waals surface area contributed by atoms with E-state index in [1.54, 1.807) is 6.20 Å². The average molecular weight is 327 g/mol. The largest absolute Gasteiger partial charge is 0.356 e. The monoisotopic (exact) mass is 327 g/mol. The number of hydrogen-bond donors (Lipinski definition) is 2. The Morgan fingerprint density at radius 1 is 1.42 bits per heavy atom. The molecule has 0 saturated carbocycles. The average Bonchev–Trinajstić information content (AvgIpc) is 3.02. The number of fused-ring (bicyclic) bond motifs is 1. The van der Waals surface area contributed by atoms with E-state index in [0.717, 1.165) is 0 Å². The van der Waals surface area contributed by atoms with Gasteiger partial charge in [0.25, 0.3) is 5.91 Å². The van der Waals surface area contributed by atoms with Crippen LogP contribution in [0.15, 0.2) is 30.6 Å². The third-order valence-electron chi connectivity index (χ3n) is 3.92. The van der Waals surface area contributed by atoms with Gasteiger partial charge in [0.2, 0.25) is 5.91 Å². The zero-order chi connectivity index (χ0) is 17.1. The number of hydrogen-bond acceptors (Lipinski definition) is 4. The molecule has 2 amide bonds. The molecule has 2 aromatic rings. The summed E-state index contributed by atoms with van der Waals surface area (Å²) in [7, 11) is 0. The van der Waals surface area contributed by atoms with Crippen LogP contribution in [0, 0.1) is 5.92 Å². The van der Waals surface area contributed by atoms with E-state index in [1.807, 2.05) is 36.6 Å². The zero-order valence-corrected chi connectivity index (χ0v) is 13.8. The fraction of sp³-hybridized carbons (Fsp3) is 0.412. The van der Waals surface area contributed by atoms with Crippen molar-refractivity contribution in [2.24, 2.45) is 5.92 Å². The van der Waals surface area contributed by atoms with Crippen LogP contribution in [0.5, 0.6) is 0 Å². The molecule has 0 radical (unpaired) electrons. The van der Waals surface area contributed by atoms with Crippen LogP contribution in [0.4, 0.5) is 0 Å².